The molecule has 1 saturated heterocycles. The van der Waals surface area contributed by atoms with Crippen molar-refractivity contribution in [1.82, 2.24) is 20.1 Å². The van der Waals surface area contributed by atoms with Gasteiger partial charge in [-0.05, 0) is 25.7 Å². The average molecular weight is 280 g/mol. The number of nitrogens with one attached hydrogen (secondary N) is 1. The van der Waals surface area contributed by atoms with Gasteiger partial charge in [0.05, 0.1) is 18.2 Å². The molecule has 0 radical (unpaired) electrons. The molecule has 0 aromatic carbocycles. The number of likely N-dealkylation sites (tertiary alicyclic amines) is 1. The number of aromatic nitrogens is 3. The van der Waals surface area contributed by atoms with Gasteiger partial charge in [0.2, 0.25) is 0 Å². The SMILES string of the molecule is CCc1n[nH]c(CN2CC[C@]3(OC)CC[C@@H](O)C[C@H]23)n1. The summed E-state index contributed by atoms with van der Waals surface area (Å²) in [6, 6.07) is 0.284. The molecule has 1 aliphatic heterocycles. The molecular formula is C14H24N4O2. The first-order chi connectivity index (χ1) is 9.66. The minimum atomic E-state index is -0.204. The van der Waals surface area contributed by atoms with E-state index in [9.17, 15) is 5.11 Å². The zero-order chi connectivity index (χ0) is 14.2. The highest BCUT2D eigenvalue weighted by Crippen LogP contribution is 2.42. The maximum absolute atomic E-state index is 9.97. The average Bonchev–Trinajstić information content (AvgIpc) is 3.05. The van der Waals surface area contributed by atoms with E-state index in [4.69, 9.17) is 4.74 Å². The summed E-state index contributed by atoms with van der Waals surface area (Å²) in [7, 11) is 1.80. The molecule has 2 N–H and O–H groups in total. The summed E-state index contributed by atoms with van der Waals surface area (Å²) in [4.78, 5) is 6.87. The molecule has 20 heavy (non-hydrogen) atoms. The van der Waals surface area contributed by atoms with Crippen molar-refractivity contribution in [2.24, 2.45) is 0 Å². The molecule has 2 aliphatic rings. The second-order valence-electron chi connectivity index (χ2n) is 5.99. The minimum Gasteiger partial charge on any atom is -0.393 e. The van der Waals surface area contributed by atoms with Crippen molar-refractivity contribution in [2.45, 2.75) is 63.3 Å². The number of nitrogens with zero attached hydrogens (tertiary/aromatic N) is 3. The van der Waals surface area contributed by atoms with Gasteiger partial charge in [0.15, 0.2) is 0 Å². The van der Waals surface area contributed by atoms with Crippen LogP contribution in [0.25, 0.3) is 0 Å². The topological polar surface area (TPSA) is 74.3 Å². The monoisotopic (exact) mass is 280 g/mol. The summed E-state index contributed by atoms with van der Waals surface area (Å²) in [6.45, 7) is 3.80. The molecule has 0 unspecified atom stereocenters. The van der Waals surface area contributed by atoms with Gasteiger partial charge in [0.1, 0.15) is 11.6 Å². The summed E-state index contributed by atoms with van der Waals surface area (Å²) in [5.74, 6) is 1.77. The van der Waals surface area contributed by atoms with E-state index >= 15 is 0 Å². The van der Waals surface area contributed by atoms with Gasteiger partial charge in [0.25, 0.3) is 0 Å². The third kappa shape index (κ3) is 2.36. The normalized spacial score (nSPS) is 34.4. The molecule has 6 nitrogen and oxygen atoms in total. The Morgan fingerprint density at radius 2 is 2.35 bits per heavy atom. The summed E-state index contributed by atoms with van der Waals surface area (Å²) < 4.78 is 5.85. The molecule has 2 heterocycles. The van der Waals surface area contributed by atoms with Gasteiger partial charge in [-0.15, -0.1) is 0 Å². The Balaban J connectivity index is 1.73. The van der Waals surface area contributed by atoms with Crippen molar-refractivity contribution in [2.75, 3.05) is 13.7 Å². The lowest BCUT2D eigenvalue weighted by molar-refractivity contribution is -0.0881. The van der Waals surface area contributed by atoms with Crippen molar-refractivity contribution in [3.63, 3.8) is 0 Å². The predicted octanol–water partition coefficient (Wildman–Crippen LogP) is 0.871. The van der Waals surface area contributed by atoms with Gasteiger partial charge >= 0.3 is 0 Å². The Morgan fingerprint density at radius 1 is 1.50 bits per heavy atom. The van der Waals surface area contributed by atoms with E-state index < -0.39 is 0 Å². The van der Waals surface area contributed by atoms with E-state index in [0.29, 0.717) is 0 Å². The van der Waals surface area contributed by atoms with Crippen LogP contribution in [-0.2, 0) is 17.7 Å². The molecule has 6 heteroatoms. The molecule has 3 atom stereocenters. The molecule has 0 spiro atoms. The molecule has 1 aromatic heterocycles. The third-order valence-electron chi connectivity index (χ3n) is 4.92. The van der Waals surface area contributed by atoms with Gasteiger partial charge in [-0.2, -0.15) is 5.10 Å². The van der Waals surface area contributed by atoms with Crippen molar-refractivity contribution >= 4 is 0 Å². The molecular weight excluding hydrogens is 256 g/mol. The largest absolute Gasteiger partial charge is 0.393 e. The number of aliphatic hydroxyl groups excluding tert-OH is 1. The highest BCUT2D eigenvalue weighted by molar-refractivity contribution is 5.06. The summed E-state index contributed by atoms with van der Waals surface area (Å²) in [6.07, 6.45) is 4.27. The van der Waals surface area contributed by atoms with E-state index in [0.717, 1.165) is 56.8 Å². The Kier molecular flexibility index (Phi) is 3.79. The second kappa shape index (κ2) is 5.42. The first-order valence-corrected chi connectivity index (χ1v) is 7.54. The number of hydrogen-bond donors (Lipinski definition) is 2. The highest BCUT2D eigenvalue weighted by Gasteiger charge is 2.50. The highest BCUT2D eigenvalue weighted by atomic mass is 16.5. The van der Waals surface area contributed by atoms with Crippen LogP contribution in [0.2, 0.25) is 0 Å². The maximum Gasteiger partial charge on any atom is 0.150 e. The van der Waals surface area contributed by atoms with Crippen molar-refractivity contribution in [3.8, 4) is 0 Å². The fourth-order valence-electron chi connectivity index (χ4n) is 3.72. The summed E-state index contributed by atoms with van der Waals surface area (Å²) >= 11 is 0. The molecule has 3 rings (SSSR count). The second-order valence-corrected chi connectivity index (χ2v) is 5.99. The van der Waals surface area contributed by atoms with E-state index in [2.05, 4.69) is 27.0 Å². The summed E-state index contributed by atoms with van der Waals surface area (Å²) in [5, 5.41) is 17.2. The van der Waals surface area contributed by atoms with Crippen molar-refractivity contribution < 1.29 is 9.84 Å². The van der Waals surface area contributed by atoms with E-state index in [1.54, 1.807) is 7.11 Å². The van der Waals surface area contributed by atoms with Crippen LogP contribution in [0.5, 0.6) is 0 Å². The predicted molar refractivity (Wildman–Crippen MR) is 74.2 cm³/mol. The van der Waals surface area contributed by atoms with Crippen LogP contribution < -0.4 is 0 Å². The number of aliphatic hydroxyl groups is 1. The van der Waals surface area contributed by atoms with Crippen LogP contribution in [0, 0.1) is 0 Å². The smallest absolute Gasteiger partial charge is 0.150 e. The van der Waals surface area contributed by atoms with Gasteiger partial charge in [-0.1, -0.05) is 6.92 Å². The molecule has 1 aliphatic carbocycles. The van der Waals surface area contributed by atoms with Crippen molar-refractivity contribution in [3.05, 3.63) is 11.6 Å². The molecule has 112 valence electrons. The van der Waals surface area contributed by atoms with Crippen LogP contribution in [0.4, 0.5) is 0 Å². The number of aryl methyl sites for hydroxylation is 1. The van der Waals surface area contributed by atoms with Crippen LogP contribution in [0.15, 0.2) is 0 Å². The van der Waals surface area contributed by atoms with E-state index in [1.165, 1.54) is 0 Å². The Morgan fingerprint density at radius 3 is 3.05 bits per heavy atom. The number of methoxy groups -OCH3 is 1. The van der Waals surface area contributed by atoms with Crippen LogP contribution in [0.3, 0.4) is 0 Å². The fraction of sp³-hybridized carbons (Fsp3) is 0.857. The van der Waals surface area contributed by atoms with E-state index in [1.807, 2.05) is 0 Å². The Labute approximate surface area is 119 Å². The number of H-pyrrole nitrogens is 1. The molecule has 1 saturated carbocycles. The Hall–Kier alpha value is -0.980. The van der Waals surface area contributed by atoms with E-state index in [-0.39, 0.29) is 17.7 Å². The number of aromatic amines is 1. The molecule has 2 fully saturated rings. The van der Waals surface area contributed by atoms with Crippen LogP contribution in [0.1, 0.15) is 44.3 Å². The first kappa shape index (κ1) is 14.0. The molecule has 1 aromatic rings. The quantitative estimate of drug-likeness (QED) is 0.856. The number of hydrogen-bond acceptors (Lipinski definition) is 5. The number of fused-ring (bicyclic) bond motifs is 1. The van der Waals surface area contributed by atoms with Crippen LogP contribution in [-0.4, -0.2) is 56.6 Å². The molecule has 0 bridgehead atoms. The zero-order valence-electron chi connectivity index (χ0n) is 12.3. The number of ether oxygens (including phenoxy) is 1. The lowest BCUT2D eigenvalue weighted by atomic mass is 9.79. The standard InChI is InChI=1S/C14H24N4O2/c1-3-12-15-13(17-16-12)9-18-7-6-14(20-2)5-4-10(19)8-11(14)18/h10-11,19H,3-9H2,1-2H3,(H,15,16,17)/t10-,11+,14-/m1/s1. The Bertz CT molecular complexity index is 464. The first-order valence-electron chi connectivity index (χ1n) is 7.54. The number of rotatable bonds is 4. The van der Waals surface area contributed by atoms with Gasteiger partial charge in [0, 0.05) is 26.1 Å². The van der Waals surface area contributed by atoms with Crippen LogP contribution >= 0.6 is 0 Å². The van der Waals surface area contributed by atoms with Crippen molar-refractivity contribution in [1.29, 1.82) is 0 Å². The van der Waals surface area contributed by atoms with Gasteiger partial charge < -0.3 is 9.84 Å². The minimum absolute atomic E-state index is 0.0765. The lowest BCUT2D eigenvalue weighted by Crippen LogP contribution is -2.51. The fourth-order valence-corrected chi connectivity index (χ4v) is 3.72. The maximum atomic E-state index is 9.97. The molecule has 0 amide bonds. The lowest BCUT2D eigenvalue weighted by Gasteiger charge is -2.42. The van der Waals surface area contributed by atoms with Gasteiger partial charge in [-0.25, -0.2) is 4.98 Å². The summed E-state index contributed by atoms with van der Waals surface area (Å²) in [5.41, 5.74) is -0.0765. The zero-order valence-corrected chi connectivity index (χ0v) is 12.3. The third-order valence-corrected chi connectivity index (χ3v) is 4.92. The van der Waals surface area contributed by atoms with Gasteiger partial charge in [-0.3, -0.25) is 10.00 Å².